The van der Waals surface area contributed by atoms with Crippen molar-refractivity contribution in [3.63, 3.8) is 0 Å². The summed E-state index contributed by atoms with van der Waals surface area (Å²) in [5.74, 6) is 0. The van der Waals surface area contributed by atoms with E-state index >= 15 is 0 Å². The molecule has 0 heterocycles. The van der Waals surface area contributed by atoms with E-state index in [-0.39, 0.29) is 0 Å². The molecule has 0 aliphatic carbocycles. The lowest BCUT2D eigenvalue weighted by molar-refractivity contribution is 1.39. The molecule has 1 aromatic carbocycles. The number of benzene rings is 1. The first-order valence-corrected chi connectivity index (χ1v) is 3.52. The summed E-state index contributed by atoms with van der Waals surface area (Å²) in [6.07, 6.45) is 0. The quantitative estimate of drug-likeness (QED) is 0.573. The van der Waals surface area contributed by atoms with Gasteiger partial charge in [-0.05, 0) is 31.0 Å². The standard InChI is InChI=1S/C8H10ClN/c1-5-3-4-7(9)6(2)8(5)10/h3-4H,10H2,1-2H3. The number of nitrogen functional groups attached to an aromatic ring is 1. The highest BCUT2D eigenvalue weighted by Gasteiger charge is 2.00. The van der Waals surface area contributed by atoms with Crippen LogP contribution < -0.4 is 5.73 Å². The van der Waals surface area contributed by atoms with Crippen molar-refractivity contribution >= 4 is 17.3 Å². The molecule has 10 heavy (non-hydrogen) atoms. The zero-order valence-corrected chi connectivity index (χ0v) is 6.87. The van der Waals surface area contributed by atoms with Crippen molar-refractivity contribution < 1.29 is 0 Å². The third kappa shape index (κ3) is 1.09. The van der Waals surface area contributed by atoms with Gasteiger partial charge in [-0.2, -0.15) is 0 Å². The van der Waals surface area contributed by atoms with E-state index in [1.54, 1.807) is 0 Å². The second-order valence-electron chi connectivity index (χ2n) is 2.40. The van der Waals surface area contributed by atoms with Crippen molar-refractivity contribution in [2.75, 3.05) is 5.73 Å². The van der Waals surface area contributed by atoms with Gasteiger partial charge in [-0.1, -0.05) is 17.7 Å². The van der Waals surface area contributed by atoms with Gasteiger partial charge in [0.1, 0.15) is 0 Å². The lowest BCUT2D eigenvalue weighted by atomic mass is 10.1. The number of aryl methyl sites for hydroxylation is 1. The molecule has 54 valence electrons. The van der Waals surface area contributed by atoms with Gasteiger partial charge in [0.25, 0.3) is 0 Å². The van der Waals surface area contributed by atoms with Crippen molar-refractivity contribution in [3.05, 3.63) is 28.3 Å². The molecule has 0 saturated carbocycles. The summed E-state index contributed by atoms with van der Waals surface area (Å²) in [5.41, 5.74) is 8.56. The summed E-state index contributed by atoms with van der Waals surface area (Å²) < 4.78 is 0. The van der Waals surface area contributed by atoms with E-state index in [1.807, 2.05) is 26.0 Å². The Morgan fingerprint density at radius 1 is 1.30 bits per heavy atom. The van der Waals surface area contributed by atoms with Crippen LogP contribution in [0.4, 0.5) is 5.69 Å². The largest absolute Gasteiger partial charge is 0.398 e. The molecule has 2 heteroatoms. The van der Waals surface area contributed by atoms with Gasteiger partial charge < -0.3 is 5.73 Å². The molecule has 0 saturated heterocycles. The second-order valence-corrected chi connectivity index (χ2v) is 2.81. The topological polar surface area (TPSA) is 26.0 Å². The summed E-state index contributed by atoms with van der Waals surface area (Å²) >= 11 is 5.81. The Bertz CT molecular complexity index is 229. The van der Waals surface area contributed by atoms with Crippen LogP contribution in [0.15, 0.2) is 12.1 Å². The Morgan fingerprint density at radius 3 is 2.40 bits per heavy atom. The van der Waals surface area contributed by atoms with Crippen molar-refractivity contribution in [1.82, 2.24) is 0 Å². The summed E-state index contributed by atoms with van der Waals surface area (Å²) in [6, 6.07) is 3.78. The molecule has 1 rings (SSSR count). The molecule has 2 N–H and O–H groups in total. The summed E-state index contributed by atoms with van der Waals surface area (Å²) in [4.78, 5) is 0. The van der Waals surface area contributed by atoms with Gasteiger partial charge in [0.15, 0.2) is 0 Å². The molecule has 0 fully saturated rings. The average molecular weight is 156 g/mol. The SMILES string of the molecule is Cc1ccc(Cl)c(C)c1N. The lowest BCUT2D eigenvalue weighted by Crippen LogP contribution is -1.93. The smallest absolute Gasteiger partial charge is 0.0455 e. The summed E-state index contributed by atoms with van der Waals surface area (Å²) in [5, 5.41) is 0.739. The number of nitrogens with two attached hydrogens (primary N) is 1. The molecule has 0 bridgehead atoms. The molecule has 0 amide bonds. The van der Waals surface area contributed by atoms with E-state index < -0.39 is 0 Å². The minimum absolute atomic E-state index is 0.739. The Morgan fingerprint density at radius 2 is 1.90 bits per heavy atom. The third-order valence-corrected chi connectivity index (χ3v) is 2.08. The molecule has 0 unspecified atom stereocenters. The highest BCUT2D eigenvalue weighted by Crippen LogP contribution is 2.23. The molecule has 0 aliphatic heterocycles. The van der Waals surface area contributed by atoms with Crippen molar-refractivity contribution in [2.24, 2.45) is 0 Å². The maximum Gasteiger partial charge on any atom is 0.0455 e. The Balaban J connectivity index is 3.34. The Hall–Kier alpha value is -0.690. The molecule has 1 aromatic rings. The fourth-order valence-corrected chi connectivity index (χ4v) is 1.00. The van der Waals surface area contributed by atoms with Gasteiger partial charge in [0.2, 0.25) is 0 Å². The lowest BCUT2D eigenvalue weighted by Gasteiger charge is -2.04. The average Bonchev–Trinajstić information content (AvgIpc) is 1.93. The monoisotopic (exact) mass is 155 g/mol. The highest BCUT2D eigenvalue weighted by atomic mass is 35.5. The molecule has 0 aliphatic rings. The Labute approximate surface area is 65.8 Å². The zero-order valence-electron chi connectivity index (χ0n) is 6.11. The molecule has 0 radical (unpaired) electrons. The van der Waals surface area contributed by atoms with Gasteiger partial charge in [-0.25, -0.2) is 0 Å². The van der Waals surface area contributed by atoms with E-state index in [4.69, 9.17) is 17.3 Å². The predicted octanol–water partition coefficient (Wildman–Crippen LogP) is 2.54. The number of rotatable bonds is 0. The van der Waals surface area contributed by atoms with E-state index in [1.165, 1.54) is 0 Å². The van der Waals surface area contributed by atoms with E-state index in [0.29, 0.717) is 0 Å². The van der Waals surface area contributed by atoms with Crippen LogP contribution in [0.1, 0.15) is 11.1 Å². The van der Waals surface area contributed by atoms with Crippen molar-refractivity contribution in [1.29, 1.82) is 0 Å². The number of anilines is 1. The molecular formula is C8H10ClN. The molecular weight excluding hydrogens is 146 g/mol. The highest BCUT2D eigenvalue weighted by molar-refractivity contribution is 6.31. The fraction of sp³-hybridized carbons (Fsp3) is 0.250. The van der Waals surface area contributed by atoms with Crippen LogP contribution in [0.3, 0.4) is 0 Å². The first-order valence-electron chi connectivity index (χ1n) is 3.14. The number of hydrogen-bond donors (Lipinski definition) is 1. The van der Waals surface area contributed by atoms with E-state index in [0.717, 1.165) is 21.8 Å². The van der Waals surface area contributed by atoms with Crippen molar-refractivity contribution in [2.45, 2.75) is 13.8 Å². The second kappa shape index (κ2) is 2.51. The van der Waals surface area contributed by atoms with Gasteiger partial charge in [-0.15, -0.1) is 0 Å². The van der Waals surface area contributed by atoms with Crippen LogP contribution in [0.25, 0.3) is 0 Å². The van der Waals surface area contributed by atoms with E-state index in [2.05, 4.69) is 0 Å². The van der Waals surface area contributed by atoms with Crippen LogP contribution in [-0.4, -0.2) is 0 Å². The normalized spacial score (nSPS) is 9.90. The molecule has 0 spiro atoms. The van der Waals surface area contributed by atoms with Crippen LogP contribution in [0, 0.1) is 13.8 Å². The van der Waals surface area contributed by atoms with Crippen LogP contribution in [0.2, 0.25) is 5.02 Å². The number of hydrogen-bond acceptors (Lipinski definition) is 1. The molecule has 1 nitrogen and oxygen atoms in total. The molecule has 0 atom stereocenters. The van der Waals surface area contributed by atoms with Gasteiger partial charge >= 0.3 is 0 Å². The van der Waals surface area contributed by atoms with Gasteiger partial charge in [0, 0.05) is 10.7 Å². The summed E-state index contributed by atoms with van der Waals surface area (Å²) in [7, 11) is 0. The maximum atomic E-state index is 5.81. The first-order chi connectivity index (χ1) is 4.63. The maximum absolute atomic E-state index is 5.81. The zero-order chi connectivity index (χ0) is 7.72. The van der Waals surface area contributed by atoms with Crippen LogP contribution >= 0.6 is 11.6 Å². The minimum Gasteiger partial charge on any atom is -0.398 e. The number of halogens is 1. The third-order valence-electron chi connectivity index (χ3n) is 1.67. The first kappa shape index (κ1) is 7.42. The fourth-order valence-electron chi connectivity index (χ4n) is 0.837. The van der Waals surface area contributed by atoms with E-state index in [9.17, 15) is 0 Å². The summed E-state index contributed by atoms with van der Waals surface area (Å²) in [6.45, 7) is 3.89. The minimum atomic E-state index is 0.739. The van der Waals surface area contributed by atoms with Crippen LogP contribution in [-0.2, 0) is 0 Å². The van der Waals surface area contributed by atoms with Crippen molar-refractivity contribution in [3.8, 4) is 0 Å². The predicted molar refractivity (Wildman–Crippen MR) is 45.3 cm³/mol. The molecule has 0 aromatic heterocycles. The van der Waals surface area contributed by atoms with Gasteiger partial charge in [-0.3, -0.25) is 0 Å². The Kier molecular flexibility index (Phi) is 1.86. The van der Waals surface area contributed by atoms with Crippen LogP contribution in [0.5, 0.6) is 0 Å². The van der Waals surface area contributed by atoms with Gasteiger partial charge in [0.05, 0.1) is 0 Å².